The zero-order valence-electron chi connectivity index (χ0n) is 18.3. The van der Waals surface area contributed by atoms with E-state index >= 15 is 0 Å². The summed E-state index contributed by atoms with van der Waals surface area (Å²) in [5, 5.41) is 2.57. The normalized spacial score (nSPS) is 15.7. The molecule has 0 saturated carbocycles. The molecule has 1 N–H and O–H groups in total. The van der Waals surface area contributed by atoms with E-state index in [4.69, 9.17) is 4.42 Å². The Bertz CT molecular complexity index is 1320. The minimum Gasteiger partial charge on any atom is -0.408 e. The van der Waals surface area contributed by atoms with Gasteiger partial charge in [-0.2, -0.15) is 4.31 Å². The van der Waals surface area contributed by atoms with Gasteiger partial charge in [-0.25, -0.2) is 17.6 Å². The highest BCUT2D eigenvalue weighted by Gasteiger charge is 2.31. The third kappa shape index (κ3) is 4.86. The first kappa shape index (κ1) is 23.2. The van der Waals surface area contributed by atoms with Gasteiger partial charge in [0, 0.05) is 32.1 Å². The van der Waals surface area contributed by atoms with Crippen LogP contribution in [-0.2, 0) is 21.4 Å². The van der Waals surface area contributed by atoms with Crippen molar-refractivity contribution in [3.05, 3.63) is 58.8 Å². The molecule has 8 nitrogen and oxygen atoms in total. The molecular formula is C23H26FN3O5S. The van der Waals surface area contributed by atoms with E-state index in [9.17, 15) is 22.4 Å². The lowest BCUT2D eigenvalue weighted by Crippen LogP contribution is -2.39. The number of hydrogen-bond donors (Lipinski definition) is 1. The van der Waals surface area contributed by atoms with E-state index in [-0.39, 0.29) is 47.5 Å². The molecule has 0 radical (unpaired) electrons. The Kier molecular flexibility index (Phi) is 6.66. The van der Waals surface area contributed by atoms with Crippen LogP contribution in [0, 0.1) is 11.7 Å². The maximum absolute atomic E-state index is 13.7. The smallest absolute Gasteiger partial charge is 0.408 e. The average molecular weight is 476 g/mol. The van der Waals surface area contributed by atoms with Crippen molar-refractivity contribution in [2.75, 3.05) is 18.4 Å². The number of piperidine rings is 1. The molecule has 3 aromatic rings. The fourth-order valence-electron chi connectivity index (χ4n) is 4.17. The quantitative estimate of drug-likeness (QED) is 0.563. The Morgan fingerprint density at radius 3 is 2.61 bits per heavy atom. The summed E-state index contributed by atoms with van der Waals surface area (Å²) in [7, 11) is -3.76. The number of rotatable bonds is 7. The number of benzene rings is 2. The number of oxazole rings is 1. The molecule has 1 saturated heterocycles. The van der Waals surface area contributed by atoms with Crippen LogP contribution < -0.4 is 11.1 Å². The molecule has 2 aromatic carbocycles. The van der Waals surface area contributed by atoms with Crippen LogP contribution in [-0.4, -0.2) is 36.3 Å². The van der Waals surface area contributed by atoms with Gasteiger partial charge < -0.3 is 9.73 Å². The van der Waals surface area contributed by atoms with Crippen LogP contribution >= 0.6 is 0 Å². The highest BCUT2D eigenvalue weighted by atomic mass is 32.2. The summed E-state index contributed by atoms with van der Waals surface area (Å²) < 4.78 is 48.1. The van der Waals surface area contributed by atoms with Crippen LogP contribution in [0.4, 0.5) is 10.1 Å². The van der Waals surface area contributed by atoms with Gasteiger partial charge in [-0.1, -0.05) is 19.1 Å². The van der Waals surface area contributed by atoms with Crippen molar-refractivity contribution in [1.82, 2.24) is 8.87 Å². The van der Waals surface area contributed by atoms with Crippen LogP contribution in [0.3, 0.4) is 0 Å². The van der Waals surface area contributed by atoms with E-state index < -0.39 is 21.6 Å². The summed E-state index contributed by atoms with van der Waals surface area (Å²) in [6.45, 7) is 2.99. The highest BCUT2D eigenvalue weighted by molar-refractivity contribution is 7.89. The second-order valence-corrected chi connectivity index (χ2v) is 10.2. The third-order valence-electron chi connectivity index (χ3n) is 5.92. The molecule has 0 bridgehead atoms. The van der Waals surface area contributed by atoms with Crippen molar-refractivity contribution < 1.29 is 22.0 Å². The highest BCUT2D eigenvalue weighted by Crippen LogP contribution is 2.28. The number of fused-ring (bicyclic) bond motifs is 1. The topological polar surface area (TPSA) is 102 Å². The second kappa shape index (κ2) is 9.48. The predicted molar refractivity (Wildman–Crippen MR) is 122 cm³/mol. The summed E-state index contributed by atoms with van der Waals surface area (Å²) in [6, 6.07) is 10.5. The molecule has 1 amide bonds. The maximum atomic E-state index is 13.7. The molecule has 1 aliphatic heterocycles. The Balaban J connectivity index is 1.40. The molecule has 1 aromatic heterocycles. The summed E-state index contributed by atoms with van der Waals surface area (Å²) in [4.78, 5) is 24.4. The van der Waals surface area contributed by atoms with Gasteiger partial charge >= 0.3 is 5.76 Å². The van der Waals surface area contributed by atoms with Gasteiger partial charge in [-0.15, -0.1) is 0 Å². The van der Waals surface area contributed by atoms with Gasteiger partial charge in [0.25, 0.3) is 0 Å². The number of carbonyl (C=O) groups excluding carboxylic acids is 1. The van der Waals surface area contributed by atoms with E-state index in [0.717, 1.165) is 6.42 Å². The predicted octanol–water partition coefficient (Wildman–Crippen LogP) is 3.57. The lowest BCUT2D eigenvalue weighted by atomic mass is 9.94. The van der Waals surface area contributed by atoms with Gasteiger partial charge in [0.15, 0.2) is 5.58 Å². The van der Waals surface area contributed by atoms with E-state index in [1.54, 1.807) is 18.2 Å². The number of nitrogens with zero attached hydrogens (tertiary/aromatic N) is 2. The van der Waals surface area contributed by atoms with Gasteiger partial charge in [-0.05, 0) is 49.4 Å². The lowest BCUT2D eigenvalue weighted by molar-refractivity contribution is -0.117. The number of anilines is 1. The minimum atomic E-state index is -3.76. The molecule has 1 aliphatic rings. The first-order valence-electron chi connectivity index (χ1n) is 11.0. The van der Waals surface area contributed by atoms with E-state index in [1.165, 1.54) is 33.1 Å². The molecule has 0 aliphatic carbocycles. The fraction of sp³-hybridized carbons (Fsp3) is 0.391. The third-order valence-corrected chi connectivity index (χ3v) is 7.81. The van der Waals surface area contributed by atoms with Crippen LogP contribution in [0.15, 0.2) is 56.6 Å². The SMILES string of the molecule is CCCn1c(=O)oc2cc(S(=O)(=O)N3CCC(CC(=O)Nc4ccccc4F)CC3)ccc21. The van der Waals surface area contributed by atoms with Crippen LogP contribution in [0.25, 0.3) is 11.1 Å². The minimum absolute atomic E-state index is 0.00630. The lowest BCUT2D eigenvalue weighted by Gasteiger charge is -2.31. The Labute approximate surface area is 191 Å². The number of para-hydroxylation sites is 1. The molecule has 0 unspecified atom stereocenters. The Hall–Kier alpha value is -2.98. The monoisotopic (exact) mass is 475 g/mol. The number of amides is 1. The first-order valence-corrected chi connectivity index (χ1v) is 12.4. The molecule has 10 heteroatoms. The summed E-state index contributed by atoms with van der Waals surface area (Å²) in [6.07, 6.45) is 1.99. The van der Waals surface area contributed by atoms with E-state index in [0.29, 0.717) is 24.9 Å². The molecule has 4 rings (SSSR count). The standard InChI is InChI=1S/C23H26FN3O5S/c1-2-11-27-20-8-7-17(15-21(20)32-23(27)29)33(30,31)26-12-9-16(10-13-26)14-22(28)25-19-6-4-3-5-18(19)24/h3-8,15-16H,2,9-14H2,1H3,(H,25,28). The number of nitrogens with one attached hydrogen (secondary N) is 1. The first-order chi connectivity index (χ1) is 15.8. The van der Waals surface area contributed by atoms with Gasteiger partial charge in [0.2, 0.25) is 15.9 Å². The molecular weight excluding hydrogens is 449 g/mol. The van der Waals surface area contributed by atoms with Crippen molar-refractivity contribution in [2.24, 2.45) is 5.92 Å². The molecule has 176 valence electrons. The van der Waals surface area contributed by atoms with Crippen molar-refractivity contribution in [3.8, 4) is 0 Å². The summed E-state index contributed by atoms with van der Waals surface area (Å²) in [5.74, 6) is -1.29. The second-order valence-electron chi connectivity index (χ2n) is 8.23. The Morgan fingerprint density at radius 1 is 1.18 bits per heavy atom. The number of aromatic nitrogens is 1. The van der Waals surface area contributed by atoms with Gasteiger partial charge in [-0.3, -0.25) is 9.36 Å². The zero-order valence-corrected chi connectivity index (χ0v) is 19.1. The zero-order chi connectivity index (χ0) is 23.6. The molecule has 2 heterocycles. The largest absolute Gasteiger partial charge is 0.419 e. The Morgan fingerprint density at radius 2 is 1.91 bits per heavy atom. The van der Waals surface area contributed by atoms with Gasteiger partial charge in [0.05, 0.1) is 16.1 Å². The average Bonchev–Trinajstić information content (AvgIpc) is 3.10. The maximum Gasteiger partial charge on any atom is 0.419 e. The number of halogens is 1. The van der Waals surface area contributed by atoms with Crippen LogP contribution in [0.1, 0.15) is 32.6 Å². The van der Waals surface area contributed by atoms with Crippen molar-refractivity contribution in [3.63, 3.8) is 0 Å². The molecule has 0 spiro atoms. The molecule has 0 atom stereocenters. The molecule has 1 fully saturated rings. The number of sulfonamides is 1. The number of carbonyl (C=O) groups is 1. The van der Waals surface area contributed by atoms with Crippen molar-refractivity contribution >= 4 is 32.7 Å². The van der Waals surface area contributed by atoms with E-state index in [1.807, 2.05) is 6.92 Å². The van der Waals surface area contributed by atoms with Crippen molar-refractivity contribution in [2.45, 2.75) is 44.0 Å². The number of hydrogen-bond acceptors (Lipinski definition) is 5. The van der Waals surface area contributed by atoms with Crippen LogP contribution in [0.5, 0.6) is 0 Å². The number of aryl methyl sites for hydroxylation is 1. The fourth-order valence-corrected chi connectivity index (χ4v) is 5.66. The molecule has 33 heavy (non-hydrogen) atoms. The summed E-state index contributed by atoms with van der Waals surface area (Å²) in [5.41, 5.74) is 0.951. The van der Waals surface area contributed by atoms with Crippen molar-refractivity contribution in [1.29, 1.82) is 0 Å². The van der Waals surface area contributed by atoms with E-state index in [2.05, 4.69) is 5.32 Å². The van der Waals surface area contributed by atoms with Gasteiger partial charge in [0.1, 0.15) is 5.82 Å². The summed E-state index contributed by atoms with van der Waals surface area (Å²) >= 11 is 0. The van der Waals surface area contributed by atoms with Crippen LogP contribution in [0.2, 0.25) is 0 Å².